The maximum atomic E-state index is 12.5. The summed E-state index contributed by atoms with van der Waals surface area (Å²) in [7, 11) is 0. The highest BCUT2D eigenvalue weighted by molar-refractivity contribution is 5.91. The highest BCUT2D eigenvalue weighted by Gasteiger charge is 2.30. The number of carbonyl (C=O) groups is 1. The first kappa shape index (κ1) is 17.8. The third kappa shape index (κ3) is 4.69. The molecule has 1 amide bonds. The van der Waals surface area contributed by atoms with Crippen LogP contribution in [0.25, 0.3) is 0 Å². The largest absolute Gasteiger partial charge is 0.443 e. The number of aliphatic hydroxyl groups is 1. The van der Waals surface area contributed by atoms with Crippen molar-refractivity contribution in [3.63, 3.8) is 0 Å². The number of nitrogens with one attached hydrogen (secondary N) is 1. The fraction of sp³-hybridized carbons (Fsp3) is 0.611. The van der Waals surface area contributed by atoms with Crippen molar-refractivity contribution in [1.29, 1.82) is 0 Å². The molecule has 5 heteroatoms. The van der Waals surface area contributed by atoms with Crippen LogP contribution >= 0.6 is 0 Å². The molecule has 1 atom stereocenters. The average Bonchev–Trinajstić information content (AvgIpc) is 2.90. The first-order chi connectivity index (χ1) is 10.8. The van der Waals surface area contributed by atoms with E-state index >= 15 is 0 Å². The van der Waals surface area contributed by atoms with Crippen LogP contribution in [0.4, 0.5) is 10.5 Å². The van der Waals surface area contributed by atoms with Gasteiger partial charge in [-0.2, -0.15) is 0 Å². The molecule has 23 heavy (non-hydrogen) atoms. The molecule has 1 unspecified atom stereocenters. The van der Waals surface area contributed by atoms with Crippen molar-refractivity contribution in [3.8, 4) is 0 Å². The molecule has 2 N–H and O–H groups in total. The summed E-state index contributed by atoms with van der Waals surface area (Å²) in [6.07, 6.45) is 0.572. The number of ether oxygens (including phenoxy) is 1. The van der Waals surface area contributed by atoms with E-state index in [1.54, 1.807) is 4.90 Å². The van der Waals surface area contributed by atoms with Gasteiger partial charge in [-0.25, -0.2) is 4.79 Å². The number of hydrogen-bond acceptors (Lipinski definition) is 4. The topological polar surface area (TPSA) is 61.8 Å². The molecule has 0 fully saturated rings. The van der Waals surface area contributed by atoms with E-state index in [4.69, 9.17) is 9.84 Å². The molecule has 1 heterocycles. The summed E-state index contributed by atoms with van der Waals surface area (Å²) in [6, 6.07) is 6.14. The van der Waals surface area contributed by atoms with Crippen LogP contribution in [0.3, 0.4) is 0 Å². The summed E-state index contributed by atoms with van der Waals surface area (Å²) in [5.41, 5.74) is 2.76. The van der Waals surface area contributed by atoms with Gasteiger partial charge in [-0.05, 0) is 44.2 Å². The lowest BCUT2D eigenvalue weighted by Crippen LogP contribution is -2.36. The Bertz CT molecular complexity index is 552. The van der Waals surface area contributed by atoms with Crippen molar-refractivity contribution in [2.24, 2.45) is 5.92 Å². The first-order valence-electron chi connectivity index (χ1n) is 8.24. The molecular weight excluding hydrogens is 292 g/mol. The number of benzene rings is 1. The first-order valence-corrected chi connectivity index (χ1v) is 8.24. The predicted molar refractivity (Wildman–Crippen MR) is 91.7 cm³/mol. The van der Waals surface area contributed by atoms with Crippen molar-refractivity contribution in [1.82, 2.24) is 5.32 Å². The average molecular weight is 320 g/mol. The van der Waals surface area contributed by atoms with Gasteiger partial charge in [0.2, 0.25) is 0 Å². The van der Waals surface area contributed by atoms with Crippen molar-refractivity contribution in [2.45, 2.75) is 46.3 Å². The molecule has 1 aliphatic heterocycles. The van der Waals surface area contributed by atoms with Crippen LogP contribution in [0.2, 0.25) is 0 Å². The number of anilines is 1. The standard InChI is InChI=1S/C18H28N2O3/c1-13(12-21)10-19-11-15-7-5-6-14-8-9-20(16(14)15)17(22)23-18(2,3)4/h5-7,13,19,21H,8-12H2,1-4H3. The number of amides is 1. The zero-order valence-electron chi connectivity index (χ0n) is 14.6. The predicted octanol–water partition coefficient (Wildman–Crippen LogP) is 2.70. The Morgan fingerprint density at radius 2 is 2.17 bits per heavy atom. The van der Waals surface area contributed by atoms with Crippen LogP contribution in [0.1, 0.15) is 38.8 Å². The minimum absolute atomic E-state index is 0.171. The molecule has 0 aromatic heterocycles. The number of carbonyl (C=O) groups excluding carboxylic acids is 1. The Labute approximate surface area is 138 Å². The van der Waals surface area contributed by atoms with Crippen LogP contribution in [-0.4, -0.2) is 36.5 Å². The lowest BCUT2D eigenvalue weighted by molar-refractivity contribution is 0.0583. The van der Waals surface area contributed by atoms with Crippen molar-refractivity contribution in [2.75, 3.05) is 24.6 Å². The van der Waals surface area contributed by atoms with Gasteiger partial charge in [-0.15, -0.1) is 0 Å². The highest BCUT2D eigenvalue weighted by atomic mass is 16.6. The molecule has 0 spiro atoms. The number of nitrogens with zero attached hydrogens (tertiary/aromatic N) is 1. The van der Waals surface area contributed by atoms with Gasteiger partial charge in [0.25, 0.3) is 0 Å². The molecule has 0 radical (unpaired) electrons. The van der Waals surface area contributed by atoms with Crippen LogP contribution in [0.15, 0.2) is 18.2 Å². The fourth-order valence-corrected chi connectivity index (χ4v) is 2.70. The Kier molecular flexibility index (Phi) is 5.65. The molecule has 0 bridgehead atoms. The summed E-state index contributed by atoms with van der Waals surface area (Å²) in [4.78, 5) is 14.2. The van der Waals surface area contributed by atoms with E-state index < -0.39 is 5.60 Å². The van der Waals surface area contributed by atoms with E-state index in [1.165, 1.54) is 5.56 Å². The van der Waals surface area contributed by atoms with Gasteiger partial charge in [0.15, 0.2) is 0 Å². The van der Waals surface area contributed by atoms with Crippen LogP contribution in [0, 0.1) is 5.92 Å². The highest BCUT2D eigenvalue weighted by Crippen LogP contribution is 2.33. The minimum atomic E-state index is -0.496. The van der Waals surface area contributed by atoms with E-state index in [1.807, 2.05) is 39.8 Å². The van der Waals surface area contributed by atoms with Gasteiger partial charge in [0.1, 0.15) is 5.60 Å². The second kappa shape index (κ2) is 7.32. The summed E-state index contributed by atoms with van der Waals surface area (Å²) in [5, 5.41) is 12.5. The quantitative estimate of drug-likeness (QED) is 0.876. The maximum Gasteiger partial charge on any atom is 0.414 e. The summed E-state index contributed by atoms with van der Waals surface area (Å²) < 4.78 is 5.53. The van der Waals surface area contributed by atoms with Crippen molar-refractivity contribution < 1.29 is 14.6 Å². The molecule has 1 aromatic rings. The maximum absolute atomic E-state index is 12.5. The number of fused-ring (bicyclic) bond motifs is 1. The van der Waals surface area contributed by atoms with Gasteiger partial charge in [0, 0.05) is 26.2 Å². The Balaban J connectivity index is 2.12. The molecule has 2 rings (SSSR count). The van der Waals surface area contributed by atoms with Gasteiger partial charge < -0.3 is 15.2 Å². The number of rotatable bonds is 5. The van der Waals surface area contributed by atoms with E-state index in [0.29, 0.717) is 13.1 Å². The molecule has 128 valence electrons. The Morgan fingerprint density at radius 3 is 2.83 bits per heavy atom. The Hall–Kier alpha value is -1.59. The molecule has 0 aliphatic carbocycles. The van der Waals surface area contributed by atoms with E-state index in [0.717, 1.165) is 24.2 Å². The second-order valence-corrected chi connectivity index (χ2v) is 7.23. The summed E-state index contributed by atoms with van der Waals surface area (Å²) in [5.74, 6) is 0.216. The summed E-state index contributed by atoms with van der Waals surface area (Å²) in [6.45, 7) is 9.88. The molecule has 5 nitrogen and oxygen atoms in total. The third-order valence-corrected chi connectivity index (χ3v) is 3.81. The van der Waals surface area contributed by atoms with Crippen LogP contribution in [0.5, 0.6) is 0 Å². The molecule has 0 saturated heterocycles. The lowest BCUT2D eigenvalue weighted by Gasteiger charge is -2.26. The molecule has 1 aliphatic rings. The zero-order chi connectivity index (χ0) is 17.0. The minimum Gasteiger partial charge on any atom is -0.443 e. The number of hydrogen-bond donors (Lipinski definition) is 2. The monoisotopic (exact) mass is 320 g/mol. The third-order valence-electron chi connectivity index (χ3n) is 3.81. The molecule has 0 saturated carbocycles. The SMILES string of the molecule is CC(CO)CNCc1cccc2c1N(C(=O)OC(C)(C)C)CC2. The van der Waals surface area contributed by atoms with Crippen LogP contribution < -0.4 is 10.2 Å². The van der Waals surface area contributed by atoms with E-state index in [9.17, 15) is 4.79 Å². The van der Waals surface area contributed by atoms with Crippen LogP contribution in [-0.2, 0) is 17.7 Å². The van der Waals surface area contributed by atoms with Gasteiger partial charge in [0.05, 0.1) is 5.69 Å². The molecule has 1 aromatic carbocycles. The van der Waals surface area contributed by atoms with Gasteiger partial charge >= 0.3 is 6.09 Å². The number of aliphatic hydroxyl groups excluding tert-OH is 1. The van der Waals surface area contributed by atoms with E-state index in [-0.39, 0.29) is 18.6 Å². The lowest BCUT2D eigenvalue weighted by atomic mass is 10.1. The normalized spacial score (nSPS) is 15.4. The van der Waals surface area contributed by atoms with Crippen molar-refractivity contribution in [3.05, 3.63) is 29.3 Å². The fourth-order valence-electron chi connectivity index (χ4n) is 2.70. The second-order valence-electron chi connectivity index (χ2n) is 7.23. The zero-order valence-corrected chi connectivity index (χ0v) is 14.6. The van der Waals surface area contributed by atoms with E-state index in [2.05, 4.69) is 11.4 Å². The molecular formula is C18H28N2O3. The summed E-state index contributed by atoms with van der Waals surface area (Å²) >= 11 is 0. The number of para-hydroxylation sites is 1. The van der Waals surface area contributed by atoms with Gasteiger partial charge in [-0.1, -0.05) is 25.1 Å². The van der Waals surface area contributed by atoms with Crippen molar-refractivity contribution >= 4 is 11.8 Å². The van der Waals surface area contributed by atoms with Gasteiger partial charge in [-0.3, -0.25) is 4.90 Å². The Morgan fingerprint density at radius 1 is 1.43 bits per heavy atom. The smallest absolute Gasteiger partial charge is 0.414 e.